The second-order valence-corrected chi connectivity index (χ2v) is 9.56. The van der Waals surface area contributed by atoms with E-state index in [0.29, 0.717) is 18.2 Å². The average molecular weight is 421 g/mol. The van der Waals surface area contributed by atoms with Crippen molar-refractivity contribution in [2.45, 2.75) is 43.9 Å². The van der Waals surface area contributed by atoms with Crippen LogP contribution in [0, 0.1) is 0 Å². The number of aryl methyl sites for hydroxylation is 1. The van der Waals surface area contributed by atoms with Crippen molar-refractivity contribution in [2.24, 2.45) is 0 Å². The summed E-state index contributed by atoms with van der Waals surface area (Å²) in [5.41, 5.74) is 0.747. The van der Waals surface area contributed by atoms with E-state index >= 15 is 0 Å². The number of hydrogen-bond acceptors (Lipinski definition) is 6. The first-order valence-electron chi connectivity index (χ1n) is 9.40. The van der Waals surface area contributed by atoms with E-state index in [1.54, 1.807) is 34.6 Å². The van der Waals surface area contributed by atoms with Gasteiger partial charge < -0.3 is 0 Å². The van der Waals surface area contributed by atoms with Crippen LogP contribution in [0.3, 0.4) is 0 Å². The number of sulfonamides is 1. The molecule has 1 saturated heterocycles. The molecule has 9 heteroatoms. The maximum Gasteiger partial charge on any atom is 0.250 e. The Bertz CT molecular complexity index is 928. The molecular formula is C19H24N4O3S2. The third-order valence-electron chi connectivity index (χ3n) is 4.51. The van der Waals surface area contributed by atoms with E-state index in [-0.39, 0.29) is 10.8 Å². The summed E-state index contributed by atoms with van der Waals surface area (Å²) in [6.45, 7) is 3.13. The van der Waals surface area contributed by atoms with Gasteiger partial charge in [-0.3, -0.25) is 10.1 Å². The number of nitrogens with zero attached hydrogens (tertiary/aromatic N) is 3. The molecule has 28 heavy (non-hydrogen) atoms. The maximum atomic E-state index is 12.8. The molecule has 1 amide bonds. The van der Waals surface area contributed by atoms with Gasteiger partial charge in [-0.2, -0.15) is 4.31 Å². The largest absolute Gasteiger partial charge is 0.297 e. The minimum Gasteiger partial charge on any atom is -0.297 e. The number of aromatic nitrogens is 2. The summed E-state index contributed by atoms with van der Waals surface area (Å²) in [5, 5.41) is 11.8. The number of hydrogen-bond donors (Lipinski definition) is 1. The highest BCUT2D eigenvalue weighted by atomic mass is 32.2. The molecule has 2 aromatic rings. The van der Waals surface area contributed by atoms with Crippen molar-refractivity contribution in [1.29, 1.82) is 0 Å². The lowest BCUT2D eigenvalue weighted by atomic mass is 10.2. The zero-order chi connectivity index (χ0) is 20.0. The molecule has 1 aliphatic heterocycles. The van der Waals surface area contributed by atoms with Crippen molar-refractivity contribution in [3.8, 4) is 0 Å². The molecule has 0 unspecified atom stereocenters. The van der Waals surface area contributed by atoms with Crippen LogP contribution in [-0.2, 0) is 21.2 Å². The molecule has 1 N–H and O–H groups in total. The fourth-order valence-corrected chi connectivity index (χ4v) is 5.15. The molecule has 0 radical (unpaired) electrons. The number of carbonyl (C=O) groups is 1. The Morgan fingerprint density at radius 1 is 1.14 bits per heavy atom. The summed E-state index contributed by atoms with van der Waals surface area (Å²) in [7, 11) is -3.46. The standard InChI is InChI=1S/C19H24N4O3S2/c1-2-18-21-22-19(27-18)20-17(24)12-9-15-7-10-16(11-8-15)28(25,26)23-13-5-3-4-6-14-23/h7-12H,2-6,13-14H2,1H3,(H,20,22,24). The van der Waals surface area contributed by atoms with Crippen LogP contribution in [0.15, 0.2) is 35.2 Å². The van der Waals surface area contributed by atoms with Gasteiger partial charge in [0.2, 0.25) is 21.1 Å². The predicted octanol–water partition coefficient (Wildman–Crippen LogP) is 3.32. The van der Waals surface area contributed by atoms with Crippen LogP contribution in [0.1, 0.15) is 43.2 Å². The Morgan fingerprint density at radius 3 is 2.43 bits per heavy atom. The van der Waals surface area contributed by atoms with E-state index < -0.39 is 10.0 Å². The van der Waals surface area contributed by atoms with Crippen LogP contribution in [0.4, 0.5) is 5.13 Å². The molecule has 0 bridgehead atoms. The SMILES string of the molecule is CCc1nnc(NC(=O)C=Cc2ccc(S(=O)(=O)N3CCCCCC3)cc2)s1. The van der Waals surface area contributed by atoms with Gasteiger partial charge in [-0.1, -0.05) is 43.2 Å². The highest BCUT2D eigenvalue weighted by Crippen LogP contribution is 2.21. The number of nitrogens with one attached hydrogen (secondary N) is 1. The summed E-state index contributed by atoms with van der Waals surface area (Å²) in [6.07, 6.45) is 7.77. The van der Waals surface area contributed by atoms with Crippen LogP contribution >= 0.6 is 11.3 Å². The van der Waals surface area contributed by atoms with Gasteiger partial charge >= 0.3 is 0 Å². The Hall–Kier alpha value is -2.10. The summed E-state index contributed by atoms with van der Waals surface area (Å²) < 4.78 is 27.1. The highest BCUT2D eigenvalue weighted by molar-refractivity contribution is 7.89. The van der Waals surface area contributed by atoms with Gasteiger partial charge in [-0.25, -0.2) is 8.42 Å². The maximum absolute atomic E-state index is 12.8. The van der Waals surface area contributed by atoms with Crippen molar-refractivity contribution in [1.82, 2.24) is 14.5 Å². The van der Waals surface area contributed by atoms with Crippen molar-refractivity contribution < 1.29 is 13.2 Å². The lowest BCUT2D eigenvalue weighted by Crippen LogP contribution is -2.31. The Kier molecular flexibility index (Phi) is 6.93. The topological polar surface area (TPSA) is 92.3 Å². The van der Waals surface area contributed by atoms with E-state index in [0.717, 1.165) is 42.7 Å². The average Bonchev–Trinajstić information content (AvgIpc) is 2.96. The zero-order valence-electron chi connectivity index (χ0n) is 15.8. The fraction of sp³-hybridized carbons (Fsp3) is 0.421. The van der Waals surface area contributed by atoms with Gasteiger partial charge in [0.25, 0.3) is 0 Å². The monoisotopic (exact) mass is 420 g/mol. The zero-order valence-corrected chi connectivity index (χ0v) is 17.4. The van der Waals surface area contributed by atoms with Crippen molar-refractivity contribution in [3.05, 3.63) is 40.9 Å². The summed E-state index contributed by atoms with van der Waals surface area (Å²) in [6, 6.07) is 6.59. The van der Waals surface area contributed by atoms with Gasteiger partial charge in [0.05, 0.1) is 4.90 Å². The van der Waals surface area contributed by atoms with Crippen LogP contribution in [0.2, 0.25) is 0 Å². The van der Waals surface area contributed by atoms with Crippen molar-refractivity contribution >= 4 is 38.5 Å². The Morgan fingerprint density at radius 2 is 1.82 bits per heavy atom. The number of benzene rings is 1. The minimum absolute atomic E-state index is 0.289. The Balaban J connectivity index is 1.63. The molecule has 1 fully saturated rings. The second-order valence-electron chi connectivity index (χ2n) is 6.56. The first-order chi connectivity index (χ1) is 13.5. The summed E-state index contributed by atoms with van der Waals surface area (Å²) in [5.74, 6) is -0.305. The van der Waals surface area contributed by atoms with Crippen LogP contribution < -0.4 is 5.32 Å². The molecule has 7 nitrogen and oxygen atoms in total. The van der Waals surface area contributed by atoms with E-state index in [2.05, 4.69) is 15.5 Å². The van der Waals surface area contributed by atoms with Crippen LogP contribution in [-0.4, -0.2) is 41.9 Å². The number of anilines is 1. The van der Waals surface area contributed by atoms with Crippen LogP contribution in [0.25, 0.3) is 6.08 Å². The van der Waals surface area contributed by atoms with Gasteiger partial charge in [0.1, 0.15) is 5.01 Å². The van der Waals surface area contributed by atoms with Crippen LogP contribution in [0.5, 0.6) is 0 Å². The molecule has 0 aliphatic carbocycles. The minimum atomic E-state index is -3.46. The van der Waals surface area contributed by atoms with Crippen molar-refractivity contribution in [2.75, 3.05) is 18.4 Å². The third kappa shape index (κ3) is 5.24. The first-order valence-corrected chi connectivity index (χ1v) is 11.7. The van der Waals surface area contributed by atoms with E-state index in [1.807, 2.05) is 6.92 Å². The second kappa shape index (κ2) is 9.40. The third-order valence-corrected chi connectivity index (χ3v) is 7.41. The summed E-state index contributed by atoms with van der Waals surface area (Å²) >= 11 is 1.34. The van der Waals surface area contributed by atoms with Crippen molar-refractivity contribution in [3.63, 3.8) is 0 Å². The lowest BCUT2D eigenvalue weighted by Gasteiger charge is -2.19. The molecule has 1 aromatic carbocycles. The molecule has 3 rings (SSSR count). The van der Waals surface area contributed by atoms with Gasteiger partial charge in [-0.05, 0) is 43.0 Å². The fourth-order valence-electron chi connectivity index (χ4n) is 2.95. The predicted molar refractivity (Wildman–Crippen MR) is 111 cm³/mol. The van der Waals surface area contributed by atoms with E-state index in [4.69, 9.17) is 0 Å². The number of rotatable bonds is 6. The van der Waals surface area contributed by atoms with E-state index in [1.165, 1.54) is 17.4 Å². The lowest BCUT2D eigenvalue weighted by molar-refractivity contribution is -0.111. The van der Waals surface area contributed by atoms with Gasteiger partial charge in [0, 0.05) is 19.2 Å². The molecule has 1 aliphatic rings. The molecule has 2 heterocycles. The molecule has 0 saturated carbocycles. The smallest absolute Gasteiger partial charge is 0.250 e. The summed E-state index contributed by atoms with van der Waals surface area (Å²) in [4.78, 5) is 12.3. The molecular weight excluding hydrogens is 396 g/mol. The Labute approximate surface area is 169 Å². The molecule has 150 valence electrons. The van der Waals surface area contributed by atoms with E-state index in [9.17, 15) is 13.2 Å². The van der Waals surface area contributed by atoms with Gasteiger partial charge in [0.15, 0.2) is 0 Å². The quantitative estimate of drug-likeness (QED) is 0.724. The molecule has 0 spiro atoms. The van der Waals surface area contributed by atoms with Gasteiger partial charge in [-0.15, -0.1) is 10.2 Å². The highest BCUT2D eigenvalue weighted by Gasteiger charge is 2.24. The first kappa shape index (κ1) is 20.6. The molecule has 0 atom stereocenters. The number of carbonyl (C=O) groups excluding carboxylic acids is 1. The normalized spacial score (nSPS) is 16.2. The number of amides is 1. The molecule has 1 aromatic heterocycles.